The lowest BCUT2D eigenvalue weighted by Gasteiger charge is -2.14. The summed E-state index contributed by atoms with van der Waals surface area (Å²) in [5, 5.41) is 6.02. The van der Waals surface area contributed by atoms with Crippen LogP contribution in [-0.4, -0.2) is 37.1 Å². The van der Waals surface area contributed by atoms with Gasteiger partial charge in [0.25, 0.3) is 0 Å². The van der Waals surface area contributed by atoms with Crippen LogP contribution in [0.5, 0.6) is 23.0 Å². The molecule has 11 heteroatoms. The maximum atomic E-state index is 15.2. The third kappa shape index (κ3) is 6.36. The van der Waals surface area contributed by atoms with Crippen LogP contribution in [0.4, 0.5) is 20.2 Å². The van der Waals surface area contributed by atoms with Crippen molar-refractivity contribution in [2.45, 2.75) is 20.3 Å². The van der Waals surface area contributed by atoms with Crippen molar-refractivity contribution in [1.82, 2.24) is 4.98 Å². The summed E-state index contributed by atoms with van der Waals surface area (Å²) in [6, 6.07) is 14.5. The summed E-state index contributed by atoms with van der Waals surface area (Å²) >= 11 is 0. The van der Waals surface area contributed by atoms with E-state index >= 15 is 4.39 Å². The van der Waals surface area contributed by atoms with Gasteiger partial charge in [-0.05, 0) is 66.9 Å². The van der Waals surface area contributed by atoms with E-state index in [4.69, 9.17) is 19.9 Å². The Bertz CT molecular complexity index is 1660. The second-order valence-electron chi connectivity index (χ2n) is 10.8. The fourth-order valence-corrected chi connectivity index (χ4v) is 5.12. The number of methoxy groups -OCH3 is 1. The van der Waals surface area contributed by atoms with Crippen molar-refractivity contribution in [3.05, 3.63) is 78.5 Å². The second kappa shape index (κ2) is 12.2. The maximum Gasteiger partial charge on any atom is 0.228 e. The van der Waals surface area contributed by atoms with E-state index in [0.717, 1.165) is 6.07 Å². The van der Waals surface area contributed by atoms with Gasteiger partial charge in [0.2, 0.25) is 11.8 Å². The highest BCUT2D eigenvalue weighted by molar-refractivity contribution is 6.04. The molecular formula is C32H32F2N4O5. The van der Waals surface area contributed by atoms with Gasteiger partial charge in [0.05, 0.1) is 31.1 Å². The highest BCUT2D eigenvalue weighted by Crippen LogP contribution is 2.59. The third-order valence-electron chi connectivity index (χ3n) is 7.52. The number of carbonyl (C=O) groups excluding carboxylic acids is 2. The Balaban J connectivity index is 1.28. The molecule has 2 amide bonds. The molecule has 0 spiro atoms. The lowest BCUT2D eigenvalue weighted by molar-refractivity contribution is -0.122. The van der Waals surface area contributed by atoms with Crippen LogP contribution in [0.15, 0.2) is 66.9 Å². The van der Waals surface area contributed by atoms with Gasteiger partial charge < -0.3 is 30.6 Å². The van der Waals surface area contributed by atoms with E-state index in [1.807, 2.05) is 13.8 Å². The minimum atomic E-state index is -0.698. The van der Waals surface area contributed by atoms with Crippen LogP contribution < -0.4 is 30.6 Å². The van der Waals surface area contributed by atoms with Crippen molar-refractivity contribution < 1.29 is 32.6 Å². The molecule has 43 heavy (non-hydrogen) atoms. The fourth-order valence-electron chi connectivity index (χ4n) is 5.12. The molecule has 0 bridgehead atoms. The summed E-state index contributed by atoms with van der Waals surface area (Å²) in [5.41, 5.74) is 6.16. The summed E-state index contributed by atoms with van der Waals surface area (Å²) in [6.07, 6.45) is 2.20. The van der Waals surface area contributed by atoms with Gasteiger partial charge in [0, 0.05) is 35.1 Å². The molecule has 5 rings (SSSR count). The number of carbonyl (C=O) groups is 2. The Kier molecular flexibility index (Phi) is 8.45. The first-order valence-corrected chi connectivity index (χ1v) is 13.8. The highest BCUT2D eigenvalue weighted by atomic mass is 19.1. The molecule has 1 heterocycles. The minimum Gasteiger partial charge on any atom is -0.493 e. The van der Waals surface area contributed by atoms with Gasteiger partial charge in [-0.15, -0.1) is 0 Å². The van der Waals surface area contributed by atoms with Crippen LogP contribution in [0, 0.1) is 28.9 Å². The average Bonchev–Trinajstić information content (AvgIpc) is 3.57. The van der Waals surface area contributed by atoms with Gasteiger partial charge in [-0.1, -0.05) is 13.8 Å². The molecular weight excluding hydrogens is 558 g/mol. The number of hydrogen-bond donors (Lipinski definition) is 3. The van der Waals surface area contributed by atoms with Gasteiger partial charge in [0.15, 0.2) is 23.1 Å². The molecule has 1 aliphatic rings. The van der Waals surface area contributed by atoms with Crippen molar-refractivity contribution in [2.75, 3.05) is 30.9 Å². The Morgan fingerprint density at radius 1 is 0.884 bits per heavy atom. The number of nitrogens with zero attached hydrogens (tertiary/aromatic N) is 1. The number of nitrogens with two attached hydrogens (primary N) is 1. The number of ether oxygens (including phenoxy) is 3. The van der Waals surface area contributed by atoms with E-state index in [0.29, 0.717) is 53.4 Å². The number of benzene rings is 3. The maximum absolute atomic E-state index is 15.2. The van der Waals surface area contributed by atoms with Crippen molar-refractivity contribution in [3.8, 4) is 23.0 Å². The SMILES string of the molecule is COc1cc2nccc(Oc3ccc(NC(=O)[C@H]4[C@@H](C(=O)Nc5ccc(F)cc5)C4(C)C)cc3F)c2cc1OCCCN. The molecule has 224 valence electrons. The first kappa shape index (κ1) is 29.7. The van der Waals surface area contributed by atoms with Crippen LogP contribution in [0.1, 0.15) is 20.3 Å². The zero-order valence-electron chi connectivity index (χ0n) is 23.9. The molecule has 4 aromatic rings. The predicted molar refractivity (Wildman–Crippen MR) is 158 cm³/mol. The predicted octanol–water partition coefficient (Wildman–Crippen LogP) is 5.89. The molecule has 1 aliphatic carbocycles. The van der Waals surface area contributed by atoms with Crippen molar-refractivity contribution in [2.24, 2.45) is 23.0 Å². The lowest BCUT2D eigenvalue weighted by Crippen LogP contribution is -2.20. The number of nitrogens with one attached hydrogen (secondary N) is 2. The van der Waals surface area contributed by atoms with Gasteiger partial charge in [-0.2, -0.15) is 0 Å². The standard InChI is InChI=1S/C32H32F2N4O5/c1-32(2)28(30(39)37-19-7-5-18(33)6-8-19)29(32)31(40)38-20-9-10-25(22(34)15-20)43-24-11-13-36-23-17-26(41-3)27(16-21(23)24)42-14-4-12-35/h5-11,13,15-17,28-29H,4,12,14,35H2,1-3H3,(H,37,39)(H,38,40)/t28-,29+/m0/s1. The molecule has 4 N–H and O–H groups in total. The van der Waals surface area contributed by atoms with E-state index < -0.39 is 34.8 Å². The number of hydrogen-bond acceptors (Lipinski definition) is 7. The lowest BCUT2D eigenvalue weighted by atomic mass is 10.1. The number of amides is 2. The zero-order chi connectivity index (χ0) is 30.7. The van der Waals surface area contributed by atoms with Crippen LogP contribution in [0.25, 0.3) is 10.9 Å². The normalized spacial score (nSPS) is 16.8. The Hall–Kier alpha value is -4.77. The summed E-state index contributed by atoms with van der Waals surface area (Å²) < 4.78 is 45.5. The number of fused-ring (bicyclic) bond motifs is 1. The highest BCUT2D eigenvalue weighted by Gasteiger charge is 2.65. The van der Waals surface area contributed by atoms with E-state index in [9.17, 15) is 14.0 Å². The van der Waals surface area contributed by atoms with Gasteiger partial charge >= 0.3 is 0 Å². The van der Waals surface area contributed by atoms with Gasteiger partial charge in [0.1, 0.15) is 11.6 Å². The number of pyridine rings is 1. The minimum absolute atomic E-state index is 0.0600. The van der Waals surface area contributed by atoms with Crippen molar-refractivity contribution >= 4 is 34.1 Å². The molecule has 9 nitrogen and oxygen atoms in total. The second-order valence-corrected chi connectivity index (χ2v) is 10.8. The molecule has 3 aromatic carbocycles. The number of halogens is 2. The van der Waals surface area contributed by atoms with Crippen LogP contribution in [0.3, 0.4) is 0 Å². The summed E-state index contributed by atoms with van der Waals surface area (Å²) in [5.74, 6) is -1.84. The summed E-state index contributed by atoms with van der Waals surface area (Å²) in [6.45, 7) is 4.50. The van der Waals surface area contributed by atoms with Crippen LogP contribution in [0.2, 0.25) is 0 Å². The Labute approximate surface area is 247 Å². The van der Waals surface area contributed by atoms with E-state index in [1.165, 1.54) is 43.5 Å². The van der Waals surface area contributed by atoms with Gasteiger partial charge in [-0.25, -0.2) is 8.78 Å². The first-order chi connectivity index (χ1) is 20.6. The topological polar surface area (TPSA) is 125 Å². The average molecular weight is 591 g/mol. The molecule has 0 radical (unpaired) electrons. The number of rotatable bonds is 11. The smallest absolute Gasteiger partial charge is 0.228 e. The first-order valence-electron chi connectivity index (χ1n) is 13.8. The van der Waals surface area contributed by atoms with Gasteiger partial charge in [-0.3, -0.25) is 14.6 Å². The third-order valence-corrected chi connectivity index (χ3v) is 7.52. The molecule has 0 aliphatic heterocycles. The molecule has 1 aromatic heterocycles. The van der Waals surface area contributed by atoms with Crippen LogP contribution >= 0.6 is 0 Å². The van der Waals surface area contributed by atoms with Crippen LogP contribution in [-0.2, 0) is 9.59 Å². The quantitative estimate of drug-likeness (QED) is 0.186. The summed E-state index contributed by atoms with van der Waals surface area (Å²) in [7, 11) is 1.53. The molecule has 1 saturated carbocycles. The monoisotopic (exact) mass is 590 g/mol. The number of aromatic nitrogens is 1. The van der Waals surface area contributed by atoms with E-state index in [1.54, 1.807) is 24.4 Å². The molecule has 1 fully saturated rings. The van der Waals surface area contributed by atoms with Crippen molar-refractivity contribution in [1.29, 1.82) is 0 Å². The fraction of sp³-hybridized carbons (Fsp3) is 0.281. The summed E-state index contributed by atoms with van der Waals surface area (Å²) in [4.78, 5) is 30.3. The zero-order valence-corrected chi connectivity index (χ0v) is 23.9. The van der Waals surface area contributed by atoms with E-state index in [-0.39, 0.29) is 17.3 Å². The molecule has 0 saturated heterocycles. The van der Waals surface area contributed by atoms with Crippen molar-refractivity contribution in [3.63, 3.8) is 0 Å². The number of anilines is 2. The molecule has 2 atom stereocenters. The molecule has 0 unspecified atom stereocenters. The Morgan fingerprint density at radius 2 is 1.56 bits per heavy atom. The van der Waals surface area contributed by atoms with E-state index in [2.05, 4.69) is 15.6 Å². The largest absolute Gasteiger partial charge is 0.493 e. The Morgan fingerprint density at radius 3 is 2.21 bits per heavy atom.